The van der Waals surface area contributed by atoms with Gasteiger partial charge in [-0.1, -0.05) is 24.3 Å². The smallest absolute Gasteiger partial charge is 0.0926 e. The Kier molecular flexibility index (Phi) is 3.57. The second-order valence-electron chi connectivity index (χ2n) is 6.83. The molecule has 0 saturated heterocycles. The Bertz CT molecular complexity index is 1060. The first-order valence-electron chi connectivity index (χ1n) is 8.87. The van der Waals surface area contributed by atoms with E-state index in [1.165, 1.54) is 22.2 Å². The fourth-order valence-electron chi connectivity index (χ4n) is 3.96. The minimum Gasteiger partial charge on any atom is -0.348 e. The lowest BCUT2D eigenvalue weighted by atomic mass is 9.97. The Morgan fingerprint density at radius 3 is 3.00 bits per heavy atom. The van der Waals surface area contributed by atoms with Crippen LogP contribution in [0, 0.1) is 0 Å². The Labute approximate surface area is 151 Å². The van der Waals surface area contributed by atoms with Gasteiger partial charge in [-0.2, -0.15) is 5.10 Å². The molecule has 0 amide bonds. The molecule has 1 aliphatic rings. The van der Waals surface area contributed by atoms with E-state index in [1.807, 2.05) is 30.2 Å². The molecule has 0 unspecified atom stereocenters. The summed E-state index contributed by atoms with van der Waals surface area (Å²) in [6, 6.07) is 10.6. The highest BCUT2D eigenvalue weighted by Crippen LogP contribution is 2.34. The van der Waals surface area contributed by atoms with Gasteiger partial charge in [-0.3, -0.25) is 14.6 Å². The van der Waals surface area contributed by atoms with Crippen molar-refractivity contribution in [3.8, 4) is 0 Å². The normalized spacial score (nSPS) is 17.5. The third-order valence-electron chi connectivity index (χ3n) is 5.16. The molecule has 6 nitrogen and oxygen atoms in total. The number of H-pyrrole nitrogens is 1. The minimum absolute atomic E-state index is 0.109. The van der Waals surface area contributed by atoms with Gasteiger partial charge >= 0.3 is 0 Å². The molecule has 5 rings (SSSR count). The monoisotopic (exact) mass is 344 g/mol. The first kappa shape index (κ1) is 15.3. The van der Waals surface area contributed by atoms with Gasteiger partial charge in [-0.05, 0) is 11.6 Å². The Balaban J connectivity index is 1.57. The number of hydrogen-bond acceptors (Lipinski definition) is 4. The average molecular weight is 344 g/mol. The van der Waals surface area contributed by atoms with E-state index in [2.05, 4.69) is 55.4 Å². The van der Waals surface area contributed by atoms with Crippen LogP contribution in [-0.4, -0.2) is 36.2 Å². The van der Waals surface area contributed by atoms with Crippen LogP contribution in [-0.2, 0) is 20.0 Å². The maximum Gasteiger partial charge on any atom is 0.0926 e. The molecule has 6 heteroatoms. The number of para-hydroxylation sites is 1. The van der Waals surface area contributed by atoms with Gasteiger partial charge in [-0.15, -0.1) is 0 Å². The van der Waals surface area contributed by atoms with E-state index in [9.17, 15) is 0 Å². The van der Waals surface area contributed by atoms with Crippen LogP contribution in [0.5, 0.6) is 0 Å². The molecule has 0 radical (unpaired) electrons. The van der Waals surface area contributed by atoms with E-state index >= 15 is 0 Å². The topological polar surface area (TPSA) is 62.6 Å². The van der Waals surface area contributed by atoms with Gasteiger partial charge in [-0.25, -0.2) is 4.98 Å². The van der Waals surface area contributed by atoms with Gasteiger partial charge in [0.15, 0.2) is 0 Å². The van der Waals surface area contributed by atoms with E-state index in [4.69, 9.17) is 0 Å². The number of rotatable bonds is 3. The summed E-state index contributed by atoms with van der Waals surface area (Å²) in [7, 11) is 1.96. The number of aryl methyl sites for hydroxylation is 1. The molecule has 0 spiro atoms. The molecule has 1 atom stereocenters. The van der Waals surface area contributed by atoms with Gasteiger partial charge < -0.3 is 4.98 Å². The number of benzene rings is 1. The highest BCUT2D eigenvalue weighted by atomic mass is 15.3. The lowest BCUT2D eigenvalue weighted by Gasteiger charge is -2.34. The maximum absolute atomic E-state index is 4.63. The van der Waals surface area contributed by atoms with Crippen molar-refractivity contribution in [1.82, 2.24) is 29.6 Å². The second kappa shape index (κ2) is 6.07. The standard InChI is InChI=1S/C20H20N6/c1-25-11-16(10-24-25)20-19-17(22-13-23-19)7-9-26(20)12-15-5-2-4-14-6-3-8-21-18(14)15/h2-6,8,10-11,13,20H,7,9,12H2,1H3,(H,22,23)/t20-/m0/s1. The molecule has 4 heterocycles. The van der Waals surface area contributed by atoms with E-state index < -0.39 is 0 Å². The highest BCUT2D eigenvalue weighted by molar-refractivity contribution is 5.81. The highest BCUT2D eigenvalue weighted by Gasteiger charge is 2.32. The van der Waals surface area contributed by atoms with Crippen molar-refractivity contribution in [2.75, 3.05) is 6.54 Å². The molecule has 26 heavy (non-hydrogen) atoms. The molecule has 0 bridgehead atoms. The van der Waals surface area contributed by atoms with Gasteiger partial charge in [0, 0.05) is 55.6 Å². The predicted octanol–water partition coefficient (Wildman–Crippen LogP) is 2.84. The number of nitrogens with one attached hydrogen (secondary N) is 1. The predicted molar refractivity (Wildman–Crippen MR) is 99.5 cm³/mol. The van der Waals surface area contributed by atoms with E-state index in [0.29, 0.717) is 0 Å². The number of pyridine rings is 1. The van der Waals surface area contributed by atoms with Gasteiger partial charge in [0.1, 0.15) is 0 Å². The molecule has 4 aromatic rings. The fraction of sp³-hybridized carbons (Fsp3) is 0.250. The lowest BCUT2D eigenvalue weighted by Crippen LogP contribution is -2.35. The van der Waals surface area contributed by atoms with Crippen molar-refractivity contribution in [2.24, 2.45) is 7.05 Å². The van der Waals surface area contributed by atoms with Crippen LogP contribution in [0.15, 0.2) is 55.2 Å². The summed E-state index contributed by atoms with van der Waals surface area (Å²) in [6.45, 7) is 1.80. The summed E-state index contributed by atoms with van der Waals surface area (Å²) >= 11 is 0. The summed E-state index contributed by atoms with van der Waals surface area (Å²) in [5.74, 6) is 0. The van der Waals surface area contributed by atoms with E-state index in [0.717, 1.165) is 30.7 Å². The van der Waals surface area contributed by atoms with Crippen molar-refractivity contribution in [3.63, 3.8) is 0 Å². The summed E-state index contributed by atoms with van der Waals surface area (Å²) in [6.07, 6.45) is 8.68. The number of aromatic nitrogens is 5. The number of nitrogens with zero attached hydrogens (tertiary/aromatic N) is 5. The molecule has 0 aliphatic carbocycles. The summed E-state index contributed by atoms with van der Waals surface area (Å²) in [5.41, 5.74) is 5.83. The van der Waals surface area contributed by atoms with Crippen LogP contribution in [0.3, 0.4) is 0 Å². The van der Waals surface area contributed by atoms with E-state index in [1.54, 1.807) is 6.33 Å². The molecular formula is C20H20N6. The van der Waals surface area contributed by atoms with Crippen LogP contribution >= 0.6 is 0 Å². The van der Waals surface area contributed by atoms with Crippen molar-refractivity contribution >= 4 is 10.9 Å². The van der Waals surface area contributed by atoms with Gasteiger partial charge in [0.2, 0.25) is 0 Å². The number of hydrogen-bond donors (Lipinski definition) is 1. The van der Waals surface area contributed by atoms with Crippen molar-refractivity contribution in [3.05, 3.63) is 77.8 Å². The zero-order valence-corrected chi connectivity index (χ0v) is 14.6. The molecule has 130 valence electrons. The van der Waals surface area contributed by atoms with Crippen LogP contribution in [0.4, 0.5) is 0 Å². The Morgan fingerprint density at radius 2 is 2.12 bits per heavy atom. The third-order valence-corrected chi connectivity index (χ3v) is 5.16. The molecule has 1 aliphatic heterocycles. The van der Waals surface area contributed by atoms with E-state index in [-0.39, 0.29) is 6.04 Å². The van der Waals surface area contributed by atoms with Crippen molar-refractivity contribution in [2.45, 2.75) is 19.0 Å². The maximum atomic E-state index is 4.63. The third kappa shape index (κ3) is 2.50. The van der Waals surface area contributed by atoms with Crippen LogP contribution < -0.4 is 0 Å². The minimum atomic E-state index is 0.109. The van der Waals surface area contributed by atoms with Gasteiger partial charge in [0.25, 0.3) is 0 Å². The molecule has 0 fully saturated rings. The number of aromatic amines is 1. The largest absolute Gasteiger partial charge is 0.348 e. The summed E-state index contributed by atoms with van der Waals surface area (Å²) < 4.78 is 1.86. The quantitative estimate of drug-likeness (QED) is 0.621. The SMILES string of the molecule is Cn1cc([C@H]2c3nc[nH]c3CCN2Cc2cccc3cccnc23)cn1. The molecule has 0 saturated carbocycles. The molecule has 3 aromatic heterocycles. The molecular weight excluding hydrogens is 324 g/mol. The zero-order chi connectivity index (χ0) is 17.5. The first-order chi connectivity index (χ1) is 12.8. The summed E-state index contributed by atoms with van der Waals surface area (Å²) in [5, 5.41) is 5.56. The second-order valence-corrected chi connectivity index (χ2v) is 6.83. The zero-order valence-electron chi connectivity index (χ0n) is 14.6. The van der Waals surface area contributed by atoms with Crippen LogP contribution in [0.2, 0.25) is 0 Å². The van der Waals surface area contributed by atoms with Crippen LogP contribution in [0.1, 0.15) is 28.6 Å². The van der Waals surface area contributed by atoms with Crippen molar-refractivity contribution < 1.29 is 0 Å². The molecule has 1 N–H and O–H groups in total. The molecule has 1 aromatic carbocycles. The fourth-order valence-corrected chi connectivity index (χ4v) is 3.96. The van der Waals surface area contributed by atoms with Crippen molar-refractivity contribution in [1.29, 1.82) is 0 Å². The first-order valence-corrected chi connectivity index (χ1v) is 8.87. The average Bonchev–Trinajstić information content (AvgIpc) is 3.31. The number of fused-ring (bicyclic) bond motifs is 2. The Hall–Kier alpha value is -2.99. The van der Waals surface area contributed by atoms with Crippen LogP contribution in [0.25, 0.3) is 10.9 Å². The Morgan fingerprint density at radius 1 is 1.19 bits per heavy atom. The number of imidazole rings is 1. The summed E-state index contributed by atoms with van der Waals surface area (Å²) in [4.78, 5) is 15.0. The van der Waals surface area contributed by atoms with Gasteiger partial charge in [0.05, 0.1) is 29.8 Å². The lowest BCUT2D eigenvalue weighted by molar-refractivity contribution is 0.201.